The third-order valence-corrected chi connectivity index (χ3v) is 4.62. The molecular formula is C17H25N3O. The Hall–Kier alpha value is -1.55. The summed E-state index contributed by atoms with van der Waals surface area (Å²) < 4.78 is 0. The van der Waals surface area contributed by atoms with Crippen LogP contribution in [0.25, 0.3) is 0 Å². The summed E-state index contributed by atoms with van der Waals surface area (Å²) in [5.74, 6) is 0. The smallest absolute Gasteiger partial charge is 0.318 e. The van der Waals surface area contributed by atoms with E-state index in [0.29, 0.717) is 6.04 Å². The Morgan fingerprint density at radius 2 is 2.00 bits per heavy atom. The summed E-state index contributed by atoms with van der Waals surface area (Å²) in [5.41, 5.74) is 1.24. The van der Waals surface area contributed by atoms with Crippen molar-refractivity contribution in [2.45, 2.75) is 44.8 Å². The molecule has 2 heterocycles. The van der Waals surface area contributed by atoms with Crippen molar-refractivity contribution >= 4 is 6.03 Å². The first kappa shape index (κ1) is 14.4. The molecular weight excluding hydrogens is 262 g/mol. The summed E-state index contributed by atoms with van der Waals surface area (Å²) in [4.78, 5) is 17.0. The van der Waals surface area contributed by atoms with Gasteiger partial charge in [-0.1, -0.05) is 30.3 Å². The first-order valence-electron chi connectivity index (χ1n) is 8.03. The molecule has 0 radical (unpaired) electrons. The van der Waals surface area contributed by atoms with Gasteiger partial charge in [-0.25, -0.2) is 4.79 Å². The molecule has 2 aliphatic heterocycles. The number of nitrogens with one attached hydrogen (secondary N) is 1. The second-order valence-corrected chi connectivity index (χ2v) is 6.36. The van der Waals surface area contributed by atoms with Gasteiger partial charge in [0.05, 0.1) is 6.04 Å². The summed E-state index contributed by atoms with van der Waals surface area (Å²) in [6, 6.07) is 11.4. The average molecular weight is 287 g/mol. The Morgan fingerprint density at radius 3 is 2.62 bits per heavy atom. The Kier molecular flexibility index (Phi) is 4.15. The van der Waals surface area contributed by atoms with Gasteiger partial charge in [-0.3, -0.25) is 0 Å². The lowest BCUT2D eigenvalue weighted by atomic mass is 10.0. The van der Waals surface area contributed by atoms with Crippen molar-refractivity contribution in [2.24, 2.45) is 0 Å². The molecule has 1 aromatic rings. The molecule has 2 aliphatic rings. The molecule has 0 spiro atoms. The van der Waals surface area contributed by atoms with Crippen molar-refractivity contribution in [3.8, 4) is 0 Å². The quantitative estimate of drug-likeness (QED) is 0.927. The van der Waals surface area contributed by atoms with Crippen LogP contribution in [0.15, 0.2) is 30.3 Å². The van der Waals surface area contributed by atoms with Crippen LogP contribution in [0.1, 0.15) is 38.3 Å². The third-order valence-electron chi connectivity index (χ3n) is 4.62. The van der Waals surface area contributed by atoms with E-state index in [2.05, 4.69) is 48.3 Å². The third kappa shape index (κ3) is 2.77. The highest BCUT2D eigenvalue weighted by Crippen LogP contribution is 2.33. The normalized spacial score (nSPS) is 26.7. The van der Waals surface area contributed by atoms with Gasteiger partial charge in [-0.15, -0.1) is 0 Å². The number of carbonyl (C=O) groups is 1. The minimum Gasteiger partial charge on any atom is -0.318 e. The number of hydrogen-bond acceptors (Lipinski definition) is 2. The van der Waals surface area contributed by atoms with Gasteiger partial charge in [-0.2, -0.15) is 0 Å². The van der Waals surface area contributed by atoms with Crippen molar-refractivity contribution in [1.82, 2.24) is 15.1 Å². The number of benzene rings is 1. The number of carbonyl (C=O) groups excluding carboxylic acids is 1. The molecule has 2 fully saturated rings. The molecule has 4 heteroatoms. The molecule has 1 aromatic carbocycles. The molecule has 1 unspecified atom stereocenters. The first-order valence-corrected chi connectivity index (χ1v) is 8.03. The molecule has 2 amide bonds. The SMILES string of the molecule is CC(C)N1C(=O)N([C@H]2CCCNC2)CC1c1ccccc1. The van der Waals surface area contributed by atoms with Gasteiger partial charge in [0, 0.05) is 25.2 Å². The predicted octanol–water partition coefficient (Wildman–Crippen LogP) is 2.63. The number of amides is 2. The topological polar surface area (TPSA) is 35.6 Å². The molecule has 2 atom stereocenters. The summed E-state index contributed by atoms with van der Waals surface area (Å²) >= 11 is 0. The molecule has 114 valence electrons. The molecule has 3 rings (SSSR count). The fraction of sp³-hybridized carbons (Fsp3) is 0.588. The first-order chi connectivity index (χ1) is 10.2. The van der Waals surface area contributed by atoms with Crippen molar-refractivity contribution in [2.75, 3.05) is 19.6 Å². The minimum atomic E-state index is 0.181. The van der Waals surface area contributed by atoms with Crippen molar-refractivity contribution in [1.29, 1.82) is 0 Å². The van der Waals surface area contributed by atoms with Gasteiger partial charge in [-0.05, 0) is 38.8 Å². The molecule has 21 heavy (non-hydrogen) atoms. The largest absolute Gasteiger partial charge is 0.321 e. The standard InChI is InChI=1S/C17H25N3O/c1-13(2)20-16(14-7-4-3-5-8-14)12-19(17(20)21)15-9-6-10-18-11-15/h3-5,7-8,13,15-16,18H,6,9-12H2,1-2H3/t15-,16?/m0/s1. The molecule has 0 bridgehead atoms. The highest BCUT2D eigenvalue weighted by Gasteiger charge is 2.42. The van der Waals surface area contributed by atoms with Gasteiger partial charge in [0.15, 0.2) is 0 Å². The van der Waals surface area contributed by atoms with Crippen LogP contribution in [0.5, 0.6) is 0 Å². The van der Waals surface area contributed by atoms with Gasteiger partial charge >= 0.3 is 6.03 Å². The maximum atomic E-state index is 12.9. The lowest BCUT2D eigenvalue weighted by molar-refractivity contribution is 0.157. The van der Waals surface area contributed by atoms with Crippen molar-refractivity contribution in [3.63, 3.8) is 0 Å². The maximum Gasteiger partial charge on any atom is 0.321 e. The van der Waals surface area contributed by atoms with Gasteiger partial charge in [0.25, 0.3) is 0 Å². The van der Waals surface area contributed by atoms with E-state index >= 15 is 0 Å². The molecule has 4 nitrogen and oxygen atoms in total. The zero-order chi connectivity index (χ0) is 14.8. The van der Waals surface area contributed by atoms with Crippen molar-refractivity contribution in [3.05, 3.63) is 35.9 Å². The van der Waals surface area contributed by atoms with E-state index in [0.717, 1.165) is 32.5 Å². The highest BCUT2D eigenvalue weighted by molar-refractivity contribution is 5.78. The van der Waals surface area contributed by atoms with Crippen LogP contribution in [0.2, 0.25) is 0 Å². The van der Waals surface area contributed by atoms with E-state index in [1.807, 2.05) is 11.0 Å². The Balaban J connectivity index is 1.84. The lowest BCUT2D eigenvalue weighted by Gasteiger charge is -2.31. The second-order valence-electron chi connectivity index (χ2n) is 6.36. The van der Waals surface area contributed by atoms with E-state index in [1.165, 1.54) is 5.56 Å². The monoisotopic (exact) mass is 287 g/mol. The van der Waals surface area contributed by atoms with E-state index in [4.69, 9.17) is 0 Å². The average Bonchev–Trinajstić information content (AvgIpc) is 2.87. The number of nitrogens with zero attached hydrogens (tertiary/aromatic N) is 2. The van der Waals surface area contributed by atoms with Gasteiger partial charge < -0.3 is 15.1 Å². The van der Waals surface area contributed by atoms with Crippen LogP contribution in [0.4, 0.5) is 4.79 Å². The zero-order valence-corrected chi connectivity index (χ0v) is 13.0. The van der Waals surface area contributed by atoms with Crippen LogP contribution in [-0.4, -0.2) is 47.5 Å². The Labute approximate surface area is 127 Å². The Morgan fingerprint density at radius 1 is 1.24 bits per heavy atom. The predicted molar refractivity (Wildman–Crippen MR) is 84.2 cm³/mol. The van der Waals surface area contributed by atoms with Gasteiger partial charge in [0.2, 0.25) is 0 Å². The van der Waals surface area contributed by atoms with E-state index in [-0.39, 0.29) is 18.1 Å². The van der Waals surface area contributed by atoms with Crippen molar-refractivity contribution < 1.29 is 4.79 Å². The summed E-state index contributed by atoms with van der Waals surface area (Å²) in [5, 5.41) is 3.42. The summed E-state index contributed by atoms with van der Waals surface area (Å²) in [6.07, 6.45) is 2.28. The molecule has 0 aliphatic carbocycles. The van der Waals surface area contributed by atoms with Crippen LogP contribution in [0, 0.1) is 0 Å². The number of hydrogen-bond donors (Lipinski definition) is 1. The Bertz CT molecular complexity index is 482. The van der Waals surface area contributed by atoms with E-state index in [1.54, 1.807) is 0 Å². The number of urea groups is 1. The number of piperidine rings is 1. The lowest BCUT2D eigenvalue weighted by Crippen LogP contribution is -2.48. The fourth-order valence-corrected chi connectivity index (χ4v) is 3.56. The van der Waals surface area contributed by atoms with Crippen LogP contribution >= 0.6 is 0 Å². The minimum absolute atomic E-state index is 0.181. The van der Waals surface area contributed by atoms with E-state index in [9.17, 15) is 4.79 Å². The number of rotatable bonds is 3. The van der Waals surface area contributed by atoms with E-state index < -0.39 is 0 Å². The molecule has 2 saturated heterocycles. The molecule has 1 N–H and O–H groups in total. The highest BCUT2D eigenvalue weighted by atomic mass is 16.2. The zero-order valence-electron chi connectivity index (χ0n) is 13.0. The van der Waals surface area contributed by atoms with Gasteiger partial charge in [0.1, 0.15) is 0 Å². The summed E-state index contributed by atoms with van der Waals surface area (Å²) in [6.45, 7) is 7.04. The van der Waals surface area contributed by atoms with Crippen LogP contribution < -0.4 is 5.32 Å². The van der Waals surface area contributed by atoms with Crippen LogP contribution in [-0.2, 0) is 0 Å². The van der Waals surface area contributed by atoms with Crippen LogP contribution in [0.3, 0.4) is 0 Å². The second kappa shape index (κ2) is 6.06. The molecule has 0 aromatic heterocycles. The summed E-state index contributed by atoms with van der Waals surface area (Å²) in [7, 11) is 0. The fourth-order valence-electron chi connectivity index (χ4n) is 3.56. The maximum absolute atomic E-state index is 12.9. The molecule has 0 saturated carbocycles.